The molecule has 4 heteroatoms. The first kappa shape index (κ1) is 14.8. The third kappa shape index (κ3) is 4.18. The van der Waals surface area contributed by atoms with Crippen LogP contribution < -0.4 is 11.1 Å². The molecule has 2 saturated carbocycles. The van der Waals surface area contributed by atoms with Crippen LogP contribution in [0.1, 0.15) is 64.2 Å². The van der Waals surface area contributed by atoms with Crippen molar-refractivity contribution >= 4 is 5.91 Å². The topological polar surface area (TPSA) is 75.4 Å². The first-order chi connectivity index (χ1) is 9.13. The van der Waals surface area contributed by atoms with Crippen LogP contribution in [-0.2, 0) is 4.79 Å². The molecule has 2 aliphatic carbocycles. The Hall–Kier alpha value is -0.610. The summed E-state index contributed by atoms with van der Waals surface area (Å²) in [6.45, 7) is 0.629. The van der Waals surface area contributed by atoms with Gasteiger partial charge in [-0.1, -0.05) is 19.3 Å². The zero-order valence-corrected chi connectivity index (χ0v) is 11.9. The maximum absolute atomic E-state index is 12.2. The molecule has 0 spiro atoms. The summed E-state index contributed by atoms with van der Waals surface area (Å²) >= 11 is 0. The van der Waals surface area contributed by atoms with E-state index < -0.39 is 0 Å². The highest BCUT2D eigenvalue weighted by Gasteiger charge is 2.33. The van der Waals surface area contributed by atoms with Crippen molar-refractivity contribution in [2.75, 3.05) is 6.54 Å². The highest BCUT2D eigenvalue weighted by atomic mass is 16.3. The van der Waals surface area contributed by atoms with E-state index in [0.29, 0.717) is 13.0 Å². The molecular weight excluding hydrogens is 240 g/mol. The Morgan fingerprint density at radius 2 is 1.79 bits per heavy atom. The van der Waals surface area contributed by atoms with Gasteiger partial charge in [0.05, 0.1) is 6.10 Å². The summed E-state index contributed by atoms with van der Waals surface area (Å²) in [6.07, 6.45) is 9.75. The fourth-order valence-corrected chi connectivity index (χ4v) is 3.59. The molecule has 4 N–H and O–H groups in total. The third-order valence-corrected chi connectivity index (χ3v) is 4.94. The fourth-order valence-electron chi connectivity index (χ4n) is 3.59. The molecule has 110 valence electrons. The van der Waals surface area contributed by atoms with Gasteiger partial charge in [0.1, 0.15) is 0 Å². The predicted molar refractivity (Wildman–Crippen MR) is 75.6 cm³/mol. The van der Waals surface area contributed by atoms with E-state index in [0.717, 1.165) is 38.5 Å². The van der Waals surface area contributed by atoms with Gasteiger partial charge in [-0.15, -0.1) is 0 Å². The van der Waals surface area contributed by atoms with E-state index in [4.69, 9.17) is 5.73 Å². The molecule has 4 nitrogen and oxygen atoms in total. The Labute approximate surface area is 116 Å². The average Bonchev–Trinajstić information content (AvgIpc) is 2.42. The summed E-state index contributed by atoms with van der Waals surface area (Å²) in [5, 5.41) is 12.6. The molecule has 0 heterocycles. The van der Waals surface area contributed by atoms with Crippen LogP contribution in [0.15, 0.2) is 0 Å². The van der Waals surface area contributed by atoms with Gasteiger partial charge in [0.2, 0.25) is 5.91 Å². The van der Waals surface area contributed by atoms with Gasteiger partial charge < -0.3 is 16.2 Å². The summed E-state index contributed by atoms with van der Waals surface area (Å²) < 4.78 is 0. The summed E-state index contributed by atoms with van der Waals surface area (Å²) in [7, 11) is 0. The van der Waals surface area contributed by atoms with Gasteiger partial charge in [-0.2, -0.15) is 0 Å². The largest absolute Gasteiger partial charge is 0.393 e. The summed E-state index contributed by atoms with van der Waals surface area (Å²) in [5.74, 6) is 0.161. The predicted octanol–water partition coefficient (Wildman–Crippen LogP) is 1.71. The molecule has 0 saturated heterocycles. The number of nitrogens with two attached hydrogens (primary N) is 1. The molecule has 0 aromatic rings. The van der Waals surface area contributed by atoms with E-state index in [-0.39, 0.29) is 23.5 Å². The smallest absolute Gasteiger partial charge is 0.220 e. The van der Waals surface area contributed by atoms with Gasteiger partial charge in [0, 0.05) is 12.5 Å². The summed E-state index contributed by atoms with van der Waals surface area (Å²) in [4.78, 5) is 12.2. The lowest BCUT2D eigenvalue weighted by atomic mass is 9.71. The summed E-state index contributed by atoms with van der Waals surface area (Å²) in [5.41, 5.74) is 5.98. The second-order valence-electron chi connectivity index (χ2n) is 6.51. The molecule has 0 aromatic heterocycles. The molecule has 2 aliphatic rings. The maximum atomic E-state index is 12.2. The Morgan fingerprint density at radius 3 is 2.37 bits per heavy atom. The van der Waals surface area contributed by atoms with E-state index in [1.54, 1.807) is 0 Å². The lowest BCUT2D eigenvalue weighted by molar-refractivity contribution is -0.125. The molecule has 19 heavy (non-hydrogen) atoms. The Bertz CT molecular complexity index is 293. The van der Waals surface area contributed by atoms with E-state index in [2.05, 4.69) is 5.32 Å². The van der Waals surface area contributed by atoms with Gasteiger partial charge in [0.25, 0.3) is 0 Å². The van der Waals surface area contributed by atoms with Gasteiger partial charge >= 0.3 is 0 Å². The monoisotopic (exact) mass is 268 g/mol. The standard InChI is InChI=1S/C15H28N2O2/c16-11-15(8-2-1-3-9-15)10-14(19)17-12-4-6-13(18)7-5-12/h12-13,18H,1-11,16H2,(H,17,19). The molecule has 0 atom stereocenters. The van der Waals surface area contributed by atoms with Crippen molar-refractivity contribution in [3.05, 3.63) is 0 Å². The number of rotatable bonds is 4. The first-order valence-corrected chi connectivity index (χ1v) is 7.81. The summed E-state index contributed by atoms with van der Waals surface area (Å²) in [6, 6.07) is 0.259. The third-order valence-electron chi connectivity index (χ3n) is 4.94. The minimum atomic E-state index is -0.165. The van der Waals surface area contributed by atoms with Gasteiger partial charge in [0.15, 0.2) is 0 Å². The fraction of sp³-hybridized carbons (Fsp3) is 0.933. The van der Waals surface area contributed by atoms with E-state index >= 15 is 0 Å². The number of aliphatic hydroxyl groups excluding tert-OH is 1. The number of aliphatic hydroxyl groups is 1. The van der Waals surface area contributed by atoms with Crippen LogP contribution in [0.2, 0.25) is 0 Å². The van der Waals surface area contributed by atoms with Gasteiger partial charge in [-0.05, 0) is 50.5 Å². The lowest BCUT2D eigenvalue weighted by Gasteiger charge is -2.36. The van der Waals surface area contributed by atoms with E-state index in [1.807, 2.05) is 0 Å². The van der Waals surface area contributed by atoms with Crippen molar-refractivity contribution in [2.45, 2.75) is 76.4 Å². The van der Waals surface area contributed by atoms with Crippen LogP contribution in [0, 0.1) is 5.41 Å². The quantitative estimate of drug-likeness (QED) is 0.726. The van der Waals surface area contributed by atoms with Gasteiger partial charge in [-0.25, -0.2) is 0 Å². The van der Waals surface area contributed by atoms with Crippen LogP contribution in [0.25, 0.3) is 0 Å². The number of carbonyl (C=O) groups is 1. The second-order valence-corrected chi connectivity index (χ2v) is 6.51. The Morgan fingerprint density at radius 1 is 1.16 bits per heavy atom. The van der Waals surface area contributed by atoms with Gasteiger partial charge in [-0.3, -0.25) is 4.79 Å². The number of hydrogen-bond acceptors (Lipinski definition) is 3. The zero-order chi connectivity index (χ0) is 13.7. The number of hydrogen-bond donors (Lipinski definition) is 3. The van der Waals surface area contributed by atoms with Crippen LogP contribution in [0.4, 0.5) is 0 Å². The highest BCUT2D eigenvalue weighted by Crippen LogP contribution is 2.38. The number of carbonyl (C=O) groups excluding carboxylic acids is 1. The van der Waals surface area contributed by atoms with Crippen LogP contribution in [0.3, 0.4) is 0 Å². The van der Waals surface area contributed by atoms with Crippen LogP contribution >= 0.6 is 0 Å². The SMILES string of the molecule is NCC1(CC(=O)NC2CCC(O)CC2)CCCCC1. The second kappa shape index (κ2) is 6.71. The molecule has 2 fully saturated rings. The average molecular weight is 268 g/mol. The first-order valence-electron chi connectivity index (χ1n) is 7.81. The lowest BCUT2D eigenvalue weighted by Crippen LogP contribution is -2.43. The number of nitrogens with one attached hydrogen (secondary N) is 1. The molecule has 0 unspecified atom stereocenters. The molecule has 0 bridgehead atoms. The molecule has 0 aromatic carbocycles. The molecule has 0 aliphatic heterocycles. The molecule has 1 amide bonds. The normalized spacial score (nSPS) is 30.8. The highest BCUT2D eigenvalue weighted by molar-refractivity contribution is 5.77. The van der Waals surface area contributed by atoms with Crippen molar-refractivity contribution in [3.63, 3.8) is 0 Å². The van der Waals surface area contributed by atoms with Crippen LogP contribution in [-0.4, -0.2) is 29.7 Å². The minimum absolute atomic E-state index is 0.0521. The van der Waals surface area contributed by atoms with E-state index in [9.17, 15) is 9.90 Å². The Kier molecular flexibility index (Phi) is 5.22. The van der Waals surface area contributed by atoms with Crippen molar-refractivity contribution in [2.24, 2.45) is 11.1 Å². The van der Waals surface area contributed by atoms with Crippen molar-refractivity contribution in [3.8, 4) is 0 Å². The number of amides is 1. The zero-order valence-electron chi connectivity index (χ0n) is 11.9. The minimum Gasteiger partial charge on any atom is -0.393 e. The van der Waals surface area contributed by atoms with Crippen LogP contribution in [0.5, 0.6) is 0 Å². The van der Waals surface area contributed by atoms with Crippen molar-refractivity contribution in [1.82, 2.24) is 5.32 Å². The van der Waals surface area contributed by atoms with Crippen molar-refractivity contribution < 1.29 is 9.90 Å². The Balaban J connectivity index is 1.79. The van der Waals surface area contributed by atoms with Crippen molar-refractivity contribution in [1.29, 1.82) is 0 Å². The van der Waals surface area contributed by atoms with E-state index in [1.165, 1.54) is 19.3 Å². The molecule has 2 rings (SSSR count). The molecule has 0 radical (unpaired) electrons. The maximum Gasteiger partial charge on any atom is 0.220 e. The molecular formula is C15H28N2O2.